The molecule has 1 aromatic carbocycles. The molecule has 0 N–H and O–H groups in total. The Kier molecular flexibility index (Phi) is 6.34. The van der Waals surface area contributed by atoms with Crippen LogP contribution in [0.2, 0.25) is 0 Å². The molecule has 1 fully saturated rings. The molecule has 3 heteroatoms. The molecule has 1 saturated carbocycles. The van der Waals surface area contributed by atoms with Crippen LogP contribution in [0.3, 0.4) is 0 Å². The molecule has 0 heterocycles. The Morgan fingerprint density at radius 3 is 2.00 bits per heavy atom. The SMILES string of the molecule is Cc1ccccc1.O=S([O-])C1CCCCC1. The minimum Gasteiger partial charge on any atom is -0.772 e. The Morgan fingerprint density at radius 1 is 1.12 bits per heavy atom. The van der Waals surface area contributed by atoms with Gasteiger partial charge in [-0.3, -0.25) is 4.21 Å². The van der Waals surface area contributed by atoms with Crippen LogP contribution in [0.25, 0.3) is 0 Å². The highest BCUT2D eigenvalue weighted by molar-refractivity contribution is 7.79. The van der Waals surface area contributed by atoms with Gasteiger partial charge in [0, 0.05) is 5.25 Å². The summed E-state index contributed by atoms with van der Waals surface area (Å²) < 4.78 is 20.7. The summed E-state index contributed by atoms with van der Waals surface area (Å²) in [5.74, 6) is 0. The van der Waals surface area contributed by atoms with Crippen molar-refractivity contribution in [2.45, 2.75) is 44.3 Å². The molecular formula is C13H19O2S-. The maximum absolute atomic E-state index is 10.4. The second kappa shape index (κ2) is 7.58. The first-order valence-corrected chi connectivity index (χ1v) is 6.93. The average Bonchev–Trinajstić information content (AvgIpc) is 2.32. The van der Waals surface area contributed by atoms with Gasteiger partial charge in [-0.1, -0.05) is 66.2 Å². The van der Waals surface area contributed by atoms with Gasteiger partial charge in [0.05, 0.1) is 0 Å². The number of rotatable bonds is 1. The van der Waals surface area contributed by atoms with E-state index < -0.39 is 11.1 Å². The summed E-state index contributed by atoms with van der Waals surface area (Å²) in [6.07, 6.45) is 5.18. The molecule has 2 rings (SSSR count). The Balaban J connectivity index is 0.000000165. The molecule has 0 aliphatic heterocycles. The fourth-order valence-corrected chi connectivity index (χ4v) is 2.51. The van der Waals surface area contributed by atoms with E-state index in [-0.39, 0.29) is 5.25 Å². The first-order chi connectivity index (χ1) is 7.70. The molecule has 1 aromatic rings. The predicted molar refractivity (Wildman–Crippen MR) is 67.0 cm³/mol. The third kappa shape index (κ3) is 5.42. The van der Waals surface area contributed by atoms with Crippen LogP contribution >= 0.6 is 0 Å². The third-order valence-electron chi connectivity index (χ3n) is 2.76. The van der Waals surface area contributed by atoms with E-state index in [2.05, 4.69) is 19.1 Å². The molecule has 0 aromatic heterocycles. The second-order valence-corrected chi connectivity index (χ2v) is 5.36. The van der Waals surface area contributed by atoms with E-state index in [4.69, 9.17) is 0 Å². The van der Waals surface area contributed by atoms with Crippen LogP contribution < -0.4 is 0 Å². The van der Waals surface area contributed by atoms with Crippen molar-refractivity contribution in [2.24, 2.45) is 0 Å². The molecule has 1 aliphatic rings. The van der Waals surface area contributed by atoms with Crippen LogP contribution in [0.1, 0.15) is 37.7 Å². The van der Waals surface area contributed by atoms with E-state index in [0.29, 0.717) is 0 Å². The van der Waals surface area contributed by atoms with Crippen molar-refractivity contribution in [2.75, 3.05) is 0 Å². The highest BCUT2D eigenvalue weighted by atomic mass is 32.2. The van der Waals surface area contributed by atoms with Crippen LogP contribution in [0.15, 0.2) is 30.3 Å². The molecule has 0 bridgehead atoms. The zero-order valence-electron chi connectivity index (χ0n) is 9.72. The van der Waals surface area contributed by atoms with Gasteiger partial charge < -0.3 is 4.55 Å². The quantitative estimate of drug-likeness (QED) is 0.706. The fourth-order valence-electron chi connectivity index (χ4n) is 1.79. The standard InChI is InChI=1S/C7H8.C6H12O2S/c1-7-5-3-2-4-6-7;7-9(8)6-4-2-1-3-5-6/h2-6H,1H3;6H,1-5H2,(H,7,8)/p-1. The minimum atomic E-state index is -1.80. The topological polar surface area (TPSA) is 40.1 Å². The average molecular weight is 239 g/mol. The Bertz CT molecular complexity index is 305. The second-order valence-electron chi connectivity index (χ2n) is 4.18. The van der Waals surface area contributed by atoms with E-state index in [1.54, 1.807) is 0 Å². The van der Waals surface area contributed by atoms with Gasteiger partial charge in [0.15, 0.2) is 0 Å². The van der Waals surface area contributed by atoms with Crippen LogP contribution in [0.5, 0.6) is 0 Å². The molecule has 1 unspecified atom stereocenters. The maximum Gasteiger partial charge on any atom is 0.0215 e. The van der Waals surface area contributed by atoms with Gasteiger partial charge in [0.2, 0.25) is 0 Å². The number of aryl methyl sites for hydroxylation is 1. The van der Waals surface area contributed by atoms with Crippen molar-refractivity contribution in [3.63, 3.8) is 0 Å². The van der Waals surface area contributed by atoms with Gasteiger partial charge in [-0.25, -0.2) is 0 Å². The van der Waals surface area contributed by atoms with Gasteiger partial charge in [0.1, 0.15) is 0 Å². The molecule has 1 aliphatic carbocycles. The number of benzene rings is 1. The molecule has 90 valence electrons. The number of hydrogen-bond acceptors (Lipinski definition) is 2. The summed E-state index contributed by atoms with van der Waals surface area (Å²) in [6, 6.07) is 10.3. The summed E-state index contributed by atoms with van der Waals surface area (Å²) in [5.41, 5.74) is 1.32. The molecule has 0 amide bonds. The molecule has 0 saturated heterocycles. The fraction of sp³-hybridized carbons (Fsp3) is 0.538. The molecular weight excluding hydrogens is 220 g/mol. The molecule has 0 radical (unpaired) electrons. The highest BCUT2D eigenvalue weighted by Crippen LogP contribution is 2.20. The van der Waals surface area contributed by atoms with Crippen LogP contribution in [0, 0.1) is 6.92 Å². The van der Waals surface area contributed by atoms with Crippen molar-refractivity contribution in [3.8, 4) is 0 Å². The zero-order chi connectivity index (χ0) is 11.8. The molecule has 16 heavy (non-hydrogen) atoms. The monoisotopic (exact) mass is 239 g/mol. The van der Waals surface area contributed by atoms with Crippen molar-refractivity contribution in [1.29, 1.82) is 0 Å². The van der Waals surface area contributed by atoms with E-state index in [1.165, 1.54) is 12.0 Å². The van der Waals surface area contributed by atoms with Gasteiger partial charge >= 0.3 is 0 Å². The van der Waals surface area contributed by atoms with E-state index >= 15 is 0 Å². The highest BCUT2D eigenvalue weighted by Gasteiger charge is 2.12. The molecule has 1 atom stereocenters. The number of hydrogen-bond donors (Lipinski definition) is 0. The predicted octanol–water partition coefficient (Wildman–Crippen LogP) is 3.19. The van der Waals surface area contributed by atoms with E-state index in [9.17, 15) is 8.76 Å². The van der Waals surface area contributed by atoms with Crippen molar-refractivity contribution >= 4 is 11.1 Å². The lowest BCUT2D eigenvalue weighted by Gasteiger charge is -2.23. The smallest absolute Gasteiger partial charge is 0.0215 e. The lowest BCUT2D eigenvalue weighted by molar-refractivity contribution is 0.461. The van der Waals surface area contributed by atoms with Crippen molar-refractivity contribution in [3.05, 3.63) is 35.9 Å². The minimum absolute atomic E-state index is 0.0289. The Hall–Kier alpha value is -0.670. The van der Waals surface area contributed by atoms with Crippen molar-refractivity contribution < 1.29 is 8.76 Å². The van der Waals surface area contributed by atoms with E-state index in [0.717, 1.165) is 25.7 Å². The molecule has 2 nitrogen and oxygen atoms in total. The lowest BCUT2D eigenvalue weighted by atomic mass is 10.0. The largest absolute Gasteiger partial charge is 0.772 e. The van der Waals surface area contributed by atoms with E-state index in [1.807, 2.05) is 18.2 Å². The Morgan fingerprint density at radius 2 is 1.69 bits per heavy atom. The van der Waals surface area contributed by atoms with Gasteiger partial charge in [-0.05, 0) is 19.8 Å². The summed E-state index contributed by atoms with van der Waals surface area (Å²) in [7, 11) is 0. The van der Waals surface area contributed by atoms with Crippen LogP contribution in [-0.2, 0) is 11.1 Å². The summed E-state index contributed by atoms with van der Waals surface area (Å²) >= 11 is -1.80. The molecule has 0 spiro atoms. The third-order valence-corrected chi connectivity index (χ3v) is 3.78. The summed E-state index contributed by atoms with van der Waals surface area (Å²) in [5, 5.41) is -0.0289. The zero-order valence-corrected chi connectivity index (χ0v) is 10.5. The van der Waals surface area contributed by atoms with Crippen molar-refractivity contribution in [1.82, 2.24) is 0 Å². The summed E-state index contributed by atoms with van der Waals surface area (Å²) in [6.45, 7) is 2.08. The first kappa shape index (κ1) is 13.4. The first-order valence-electron chi connectivity index (χ1n) is 5.80. The van der Waals surface area contributed by atoms with Crippen LogP contribution in [0.4, 0.5) is 0 Å². The summed E-state index contributed by atoms with van der Waals surface area (Å²) in [4.78, 5) is 0. The normalized spacial score (nSPS) is 18.4. The van der Waals surface area contributed by atoms with Gasteiger partial charge in [-0.15, -0.1) is 0 Å². The lowest BCUT2D eigenvalue weighted by Crippen LogP contribution is -2.17. The van der Waals surface area contributed by atoms with Gasteiger partial charge in [-0.2, -0.15) is 0 Å². The Labute approximate surface area is 100 Å². The van der Waals surface area contributed by atoms with Crippen LogP contribution in [-0.4, -0.2) is 14.0 Å². The maximum atomic E-state index is 10.4. The van der Waals surface area contributed by atoms with Gasteiger partial charge in [0.25, 0.3) is 0 Å².